The van der Waals surface area contributed by atoms with E-state index < -0.39 is 0 Å². The maximum Gasteiger partial charge on any atom is 0.135 e. The number of ether oxygens (including phenoxy) is 1. The third-order valence-electron chi connectivity index (χ3n) is 2.87. The third kappa shape index (κ3) is 3.81. The van der Waals surface area contributed by atoms with Crippen molar-refractivity contribution in [3.8, 4) is 0 Å². The first kappa shape index (κ1) is 13.1. The Kier molecular flexibility index (Phi) is 4.62. The molecule has 1 aliphatic heterocycles. The maximum atomic E-state index is 6.04. The average molecular weight is 275 g/mol. The van der Waals surface area contributed by atoms with E-state index >= 15 is 0 Å². The number of aromatic nitrogens is 1. The average Bonchev–Trinajstić information content (AvgIpc) is 2.75. The minimum Gasteiger partial charge on any atom is -0.377 e. The van der Waals surface area contributed by atoms with E-state index in [-0.39, 0.29) is 0 Å². The molecule has 0 N–H and O–H groups in total. The van der Waals surface area contributed by atoms with E-state index in [0.717, 1.165) is 31.7 Å². The minimum atomic E-state index is 0.360. The van der Waals surface area contributed by atoms with Crippen LogP contribution in [0.3, 0.4) is 0 Å². The minimum absolute atomic E-state index is 0.360. The molecule has 1 aliphatic rings. The van der Waals surface area contributed by atoms with Gasteiger partial charge >= 0.3 is 0 Å². The van der Waals surface area contributed by atoms with Crippen LogP contribution in [0.4, 0.5) is 0 Å². The van der Waals surface area contributed by atoms with Crippen LogP contribution in [0.15, 0.2) is 12.1 Å². The number of hydrogen-bond acceptors (Lipinski definition) is 3. The van der Waals surface area contributed by atoms with Gasteiger partial charge in [0, 0.05) is 25.3 Å². The summed E-state index contributed by atoms with van der Waals surface area (Å²) in [6.45, 7) is 2.59. The molecule has 1 aromatic rings. The molecule has 5 heteroatoms. The fraction of sp³-hybridized carbons (Fsp3) is 0.583. The SMILES string of the molecule is CN(Cc1ccc(Cl)nc1Cl)CC1CCCO1. The lowest BCUT2D eigenvalue weighted by Gasteiger charge is -2.20. The summed E-state index contributed by atoms with van der Waals surface area (Å²) in [5.74, 6) is 0. The fourth-order valence-electron chi connectivity index (χ4n) is 2.05. The van der Waals surface area contributed by atoms with Gasteiger partial charge in [-0.15, -0.1) is 0 Å². The van der Waals surface area contributed by atoms with Crippen LogP contribution >= 0.6 is 23.2 Å². The van der Waals surface area contributed by atoms with E-state index in [1.807, 2.05) is 6.07 Å². The zero-order valence-corrected chi connectivity index (χ0v) is 11.3. The Morgan fingerprint density at radius 3 is 2.94 bits per heavy atom. The summed E-state index contributed by atoms with van der Waals surface area (Å²) < 4.78 is 5.60. The molecule has 3 nitrogen and oxygen atoms in total. The van der Waals surface area contributed by atoms with E-state index in [2.05, 4.69) is 16.9 Å². The zero-order chi connectivity index (χ0) is 12.3. The van der Waals surface area contributed by atoms with Gasteiger partial charge in [0.25, 0.3) is 0 Å². The summed E-state index contributed by atoms with van der Waals surface area (Å²) in [5.41, 5.74) is 0.997. The number of hydrogen-bond donors (Lipinski definition) is 0. The molecule has 17 heavy (non-hydrogen) atoms. The molecule has 2 rings (SSSR count). The van der Waals surface area contributed by atoms with Crippen LogP contribution in [0.5, 0.6) is 0 Å². The largest absolute Gasteiger partial charge is 0.377 e. The summed E-state index contributed by atoms with van der Waals surface area (Å²) in [5, 5.41) is 0.914. The Hall–Kier alpha value is -0.350. The van der Waals surface area contributed by atoms with Crippen LogP contribution in [-0.4, -0.2) is 36.2 Å². The Labute approximate surface area is 112 Å². The van der Waals surface area contributed by atoms with Crippen molar-refractivity contribution in [1.82, 2.24) is 9.88 Å². The predicted molar refractivity (Wildman–Crippen MR) is 69.6 cm³/mol. The number of likely N-dealkylation sites (N-methyl/N-ethyl adjacent to an activating group) is 1. The van der Waals surface area contributed by atoms with Crippen molar-refractivity contribution in [1.29, 1.82) is 0 Å². The standard InChI is InChI=1S/C12H16Cl2N2O/c1-16(8-10-3-2-6-17-10)7-9-4-5-11(13)15-12(9)14/h4-5,10H,2-3,6-8H2,1H3. The molecule has 0 radical (unpaired) electrons. The number of halogens is 2. The monoisotopic (exact) mass is 274 g/mol. The molecular formula is C12H16Cl2N2O. The maximum absolute atomic E-state index is 6.04. The van der Waals surface area contributed by atoms with Crippen molar-refractivity contribution in [2.24, 2.45) is 0 Å². The van der Waals surface area contributed by atoms with E-state index in [9.17, 15) is 0 Å². The predicted octanol–water partition coefficient (Wildman–Crippen LogP) is 3.00. The van der Waals surface area contributed by atoms with Gasteiger partial charge < -0.3 is 4.74 Å². The molecule has 1 aromatic heterocycles. The third-order valence-corrected chi connectivity index (χ3v) is 3.41. The quantitative estimate of drug-likeness (QED) is 0.790. The first-order chi connectivity index (χ1) is 8.15. The van der Waals surface area contributed by atoms with E-state index in [1.54, 1.807) is 6.07 Å². The first-order valence-electron chi connectivity index (χ1n) is 5.76. The van der Waals surface area contributed by atoms with Gasteiger partial charge in [-0.1, -0.05) is 29.3 Å². The van der Waals surface area contributed by atoms with Gasteiger partial charge in [-0.05, 0) is 26.0 Å². The summed E-state index contributed by atoms with van der Waals surface area (Å²) in [4.78, 5) is 6.23. The Bertz CT molecular complexity index is 381. The molecule has 0 bridgehead atoms. The Balaban J connectivity index is 1.90. The van der Waals surface area contributed by atoms with Crippen LogP contribution in [0.25, 0.3) is 0 Å². The molecule has 0 saturated carbocycles. The highest BCUT2D eigenvalue weighted by molar-refractivity contribution is 6.32. The summed E-state index contributed by atoms with van der Waals surface area (Å²) in [6, 6.07) is 3.69. The second-order valence-electron chi connectivity index (χ2n) is 4.42. The second kappa shape index (κ2) is 6.01. The van der Waals surface area contributed by atoms with Crippen molar-refractivity contribution in [3.05, 3.63) is 28.0 Å². The summed E-state index contributed by atoms with van der Waals surface area (Å²) >= 11 is 11.8. The van der Waals surface area contributed by atoms with E-state index in [0.29, 0.717) is 16.4 Å². The molecule has 0 aliphatic carbocycles. The van der Waals surface area contributed by atoms with E-state index in [1.165, 1.54) is 6.42 Å². The van der Waals surface area contributed by atoms with Gasteiger partial charge in [-0.2, -0.15) is 0 Å². The first-order valence-corrected chi connectivity index (χ1v) is 6.52. The van der Waals surface area contributed by atoms with Gasteiger partial charge in [-0.3, -0.25) is 4.90 Å². The summed E-state index contributed by atoms with van der Waals surface area (Å²) in [6.07, 6.45) is 2.68. The lowest BCUT2D eigenvalue weighted by molar-refractivity contribution is 0.0793. The normalized spacial score (nSPS) is 20.1. The summed E-state index contributed by atoms with van der Waals surface area (Å²) in [7, 11) is 2.06. The fourth-order valence-corrected chi connectivity index (χ4v) is 2.45. The van der Waals surface area contributed by atoms with Gasteiger partial charge in [0.05, 0.1) is 6.10 Å². The van der Waals surface area contributed by atoms with Crippen molar-refractivity contribution in [2.75, 3.05) is 20.2 Å². The molecule has 1 atom stereocenters. The Morgan fingerprint density at radius 1 is 1.47 bits per heavy atom. The van der Waals surface area contributed by atoms with Gasteiger partial charge in [0.1, 0.15) is 10.3 Å². The van der Waals surface area contributed by atoms with Crippen LogP contribution in [-0.2, 0) is 11.3 Å². The molecule has 1 fully saturated rings. The highest BCUT2D eigenvalue weighted by Crippen LogP contribution is 2.19. The molecule has 0 spiro atoms. The topological polar surface area (TPSA) is 25.4 Å². The van der Waals surface area contributed by atoms with Crippen LogP contribution < -0.4 is 0 Å². The van der Waals surface area contributed by atoms with Gasteiger partial charge in [-0.25, -0.2) is 4.98 Å². The van der Waals surface area contributed by atoms with Crippen LogP contribution in [0.1, 0.15) is 18.4 Å². The molecule has 0 aromatic carbocycles. The van der Waals surface area contributed by atoms with Crippen molar-refractivity contribution < 1.29 is 4.74 Å². The number of nitrogens with zero attached hydrogens (tertiary/aromatic N) is 2. The van der Waals surface area contributed by atoms with E-state index in [4.69, 9.17) is 27.9 Å². The highest BCUT2D eigenvalue weighted by atomic mass is 35.5. The van der Waals surface area contributed by atoms with Crippen molar-refractivity contribution >= 4 is 23.2 Å². The molecule has 0 amide bonds. The molecule has 2 heterocycles. The molecular weight excluding hydrogens is 259 g/mol. The van der Waals surface area contributed by atoms with Crippen LogP contribution in [0, 0.1) is 0 Å². The molecule has 94 valence electrons. The van der Waals surface area contributed by atoms with Crippen molar-refractivity contribution in [2.45, 2.75) is 25.5 Å². The van der Waals surface area contributed by atoms with Crippen molar-refractivity contribution in [3.63, 3.8) is 0 Å². The smallest absolute Gasteiger partial charge is 0.135 e. The number of pyridine rings is 1. The van der Waals surface area contributed by atoms with Gasteiger partial charge in [0.2, 0.25) is 0 Å². The van der Waals surface area contributed by atoms with Crippen LogP contribution in [0.2, 0.25) is 10.3 Å². The molecule has 1 saturated heterocycles. The Morgan fingerprint density at radius 2 is 2.29 bits per heavy atom. The second-order valence-corrected chi connectivity index (χ2v) is 5.16. The lowest BCUT2D eigenvalue weighted by Crippen LogP contribution is -2.28. The molecule has 1 unspecified atom stereocenters. The highest BCUT2D eigenvalue weighted by Gasteiger charge is 2.17. The van der Waals surface area contributed by atoms with Gasteiger partial charge in [0.15, 0.2) is 0 Å². The zero-order valence-electron chi connectivity index (χ0n) is 9.83. The number of rotatable bonds is 4. The lowest BCUT2D eigenvalue weighted by atomic mass is 10.2.